The Morgan fingerprint density at radius 1 is 1.20 bits per heavy atom. The van der Waals surface area contributed by atoms with E-state index < -0.39 is 0 Å². The first-order valence-electron chi connectivity index (χ1n) is 8.14. The van der Waals surface area contributed by atoms with Crippen molar-refractivity contribution in [3.8, 4) is 5.75 Å². The molecule has 0 spiro atoms. The number of nitrogens with zero attached hydrogens (tertiary/aromatic N) is 1. The molecule has 2 aromatic rings. The van der Waals surface area contributed by atoms with Gasteiger partial charge in [-0.3, -0.25) is 9.59 Å². The van der Waals surface area contributed by atoms with E-state index in [9.17, 15) is 9.59 Å². The predicted octanol–water partition coefficient (Wildman–Crippen LogP) is 4.12. The highest BCUT2D eigenvalue weighted by atomic mass is 35.5. The Morgan fingerprint density at radius 3 is 2.76 bits per heavy atom. The van der Waals surface area contributed by atoms with E-state index in [2.05, 4.69) is 5.32 Å². The van der Waals surface area contributed by atoms with Gasteiger partial charge in [0.1, 0.15) is 5.75 Å². The maximum atomic E-state index is 12.3. The number of nitrogens with one attached hydrogen (secondary N) is 1. The van der Waals surface area contributed by atoms with Crippen LogP contribution < -0.4 is 15.0 Å². The van der Waals surface area contributed by atoms with Gasteiger partial charge in [-0.2, -0.15) is 0 Å². The average molecular weight is 359 g/mol. The fourth-order valence-corrected chi connectivity index (χ4v) is 3.06. The van der Waals surface area contributed by atoms with E-state index in [1.165, 1.54) is 0 Å². The van der Waals surface area contributed by atoms with E-state index in [0.29, 0.717) is 35.0 Å². The summed E-state index contributed by atoms with van der Waals surface area (Å²) >= 11 is 5.92. The Bertz CT molecular complexity index is 807. The lowest BCUT2D eigenvalue weighted by atomic mass is 10.1. The molecule has 2 aromatic carbocycles. The molecule has 5 nitrogen and oxygen atoms in total. The first kappa shape index (κ1) is 17.3. The molecule has 0 aliphatic carbocycles. The molecule has 0 atom stereocenters. The molecule has 3 rings (SSSR count). The van der Waals surface area contributed by atoms with Crippen molar-refractivity contribution in [1.29, 1.82) is 0 Å². The van der Waals surface area contributed by atoms with Crippen LogP contribution in [-0.2, 0) is 4.79 Å². The van der Waals surface area contributed by atoms with Crippen molar-refractivity contribution >= 4 is 34.8 Å². The zero-order valence-electron chi connectivity index (χ0n) is 13.9. The van der Waals surface area contributed by atoms with Gasteiger partial charge in [0.25, 0.3) is 5.91 Å². The molecule has 1 fully saturated rings. The van der Waals surface area contributed by atoms with Crippen molar-refractivity contribution in [3.05, 3.63) is 53.1 Å². The number of carbonyl (C=O) groups is 2. The van der Waals surface area contributed by atoms with E-state index in [4.69, 9.17) is 16.3 Å². The minimum absolute atomic E-state index is 0.0975. The summed E-state index contributed by atoms with van der Waals surface area (Å²) in [6, 6.07) is 12.0. The van der Waals surface area contributed by atoms with Gasteiger partial charge < -0.3 is 15.0 Å². The standard InChI is InChI=1S/C19H19ClN2O3/c1-25-17-12-15(21-19(24)13-5-4-6-14(20)11-13)8-9-16(17)22-10-3-2-7-18(22)23/h4-6,8-9,11-12H,2-3,7,10H2,1H3,(H,21,24). The number of rotatable bonds is 4. The highest BCUT2D eigenvalue weighted by Gasteiger charge is 2.22. The predicted molar refractivity (Wildman–Crippen MR) is 98.6 cm³/mol. The van der Waals surface area contributed by atoms with E-state index in [1.54, 1.807) is 54.5 Å². The topological polar surface area (TPSA) is 58.6 Å². The van der Waals surface area contributed by atoms with Crippen LogP contribution >= 0.6 is 11.6 Å². The highest BCUT2D eigenvalue weighted by Crippen LogP contribution is 2.33. The van der Waals surface area contributed by atoms with E-state index >= 15 is 0 Å². The SMILES string of the molecule is COc1cc(NC(=O)c2cccc(Cl)c2)ccc1N1CCCCC1=O. The molecular weight excluding hydrogens is 340 g/mol. The van der Waals surface area contributed by atoms with Crippen LogP contribution in [-0.4, -0.2) is 25.5 Å². The lowest BCUT2D eigenvalue weighted by molar-refractivity contribution is -0.119. The second-order valence-electron chi connectivity index (χ2n) is 5.85. The van der Waals surface area contributed by atoms with Gasteiger partial charge in [-0.15, -0.1) is 0 Å². The minimum atomic E-state index is -0.258. The first-order valence-corrected chi connectivity index (χ1v) is 8.51. The Balaban J connectivity index is 1.81. The number of halogens is 1. The smallest absolute Gasteiger partial charge is 0.255 e. The Morgan fingerprint density at radius 2 is 2.04 bits per heavy atom. The van der Waals surface area contributed by atoms with Crippen LogP contribution in [0.1, 0.15) is 29.6 Å². The van der Waals surface area contributed by atoms with Crippen LogP contribution in [0.2, 0.25) is 5.02 Å². The Hall–Kier alpha value is -2.53. The number of methoxy groups -OCH3 is 1. The van der Waals surface area contributed by atoms with Crippen molar-refractivity contribution < 1.29 is 14.3 Å². The second-order valence-corrected chi connectivity index (χ2v) is 6.29. The van der Waals surface area contributed by atoms with Crippen LogP contribution in [0.25, 0.3) is 0 Å². The molecule has 130 valence electrons. The summed E-state index contributed by atoms with van der Waals surface area (Å²) in [4.78, 5) is 26.2. The zero-order chi connectivity index (χ0) is 17.8. The third-order valence-corrected chi connectivity index (χ3v) is 4.37. The van der Waals surface area contributed by atoms with Gasteiger partial charge in [-0.05, 0) is 43.2 Å². The first-order chi connectivity index (χ1) is 12.1. The van der Waals surface area contributed by atoms with Crippen molar-refractivity contribution in [2.75, 3.05) is 23.9 Å². The molecular formula is C19H19ClN2O3. The molecule has 1 aliphatic heterocycles. The van der Waals surface area contributed by atoms with Crippen LogP contribution in [0.4, 0.5) is 11.4 Å². The molecule has 0 saturated carbocycles. The number of benzene rings is 2. The summed E-state index contributed by atoms with van der Waals surface area (Å²) in [7, 11) is 1.55. The van der Waals surface area contributed by atoms with Gasteiger partial charge in [0.15, 0.2) is 0 Å². The van der Waals surface area contributed by atoms with Gasteiger partial charge >= 0.3 is 0 Å². The highest BCUT2D eigenvalue weighted by molar-refractivity contribution is 6.31. The number of anilines is 2. The normalized spacial score (nSPS) is 14.3. The summed E-state index contributed by atoms with van der Waals surface area (Å²) in [6.07, 6.45) is 2.45. The number of hydrogen-bond donors (Lipinski definition) is 1. The molecule has 0 bridgehead atoms. The van der Waals surface area contributed by atoms with E-state index in [-0.39, 0.29) is 11.8 Å². The molecule has 6 heteroatoms. The molecule has 0 radical (unpaired) electrons. The number of hydrogen-bond acceptors (Lipinski definition) is 3. The number of amides is 2. The Labute approximate surface area is 151 Å². The maximum Gasteiger partial charge on any atom is 0.255 e. The second kappa shape index (κ2) is 7.57. The number of ether oxygens (including phenoxy) is 1. The molecule has 0 aromatic heterocycles. The molecule has 25 heavy (non-hydrogen) atoms. The van der Waals surface area contributed by atoms with Gasteiger partial charge in [0, 0.05) is 35.3 Å². The third kappa shape index (κ3) is 3.94. The summed E-state index contributed by atoms with van der Waals surface area (Å²) in [5, 5.41) is 3.32. The van der Waals surface area contributed by atoms with Crippen molar-refractivity contribution in [3.63, 3.8) is 0 Å². The summed E-state index contributed by atoms with van der Waals surface area (Å²) in [5.74, 6) is 0.394. The average Bonchev–Trinajstić information content (AvgIpc) is 2.62. The minimum Gasteiger partial charge on any atom is -0.494 e. The van der Waals surface area contributed by atoms with E-state index in [1.807, 2.05) is 0 Å². The van der Waals surface area contributed by atoms with Crippen molar-refractivity contribution in [1.82, 2.24) is 0 Å². The van der Waals surface area contributed by atoms with Crippen molar-refractivity contribution in [2.45, 2.75) is 19.3 Å². The fourth-order valence-electron chi connectivity index (χ4n) is 2.87. The van der Waals surface area contributed by atoms with Crippen LogP contribution in [0.3, 0.4) is 0 Å². The molecule has 2 amide bonds. The molecule has 1 heterocycles. The molecule has 0 unspecified atom stereocenters. The third-order valence-electron chi connectivity index (χ3n) is 4.14. The molecule has 1 aliphatic rings. The summed E-state index contributed by atoms with van der Waals surface area (Å²) in [6.45, 7) is 0.684. The van der Waals surface area contributed by atoms with Gasteiger partial charge in [0.05, 0.1) is 12.8 Å². The number of carbonyl (C=O) groups excluding carboxylic acids is 2. The fraction of sp³-hybridized carbons (Fsp3) is 0.263. The quantitative estimate of drug-likeness (QED) is 0.894. The monoisotopic (exact) mass is 358 g/mol. The summed E-state index contributed by atoms with van der Waals surface area (Å²) in [5.41, 5.74) is 1.80. The van der Waals surface area contributed by atoms with Crippen LogP contribution in [0.5, 0.6) is 5.75 Å². The molecule has 1 N–H and O–H groups in total. The largest absolute Gasteiger partial charge is 0.494 e. The molecule has 1 saturated heterocycles. The van der Waals surface area contributed by atoms with Gasteiger partial charge in [-0.25, -0.2) is 0 Å². The van der Waals surface area contributed by atoms with E-state index in [0.717, 1.165) is 18.5 Å². The van der Waals surface area contributed by atoms with Gasteiger partial charge in [-0.1, -0.05) is 17.7 Å². The zero-order valence-corrected chi connectivity index (χ0v) is 14.7. The van der Waals surface area contributed by atoms with Crippen LogP contribution in [0.15, 0.2) is 42.5 Å². The Kier molecular flexibility index (Phi) is 5.24. The van der Waals surface area contributed by atoms with Gasteiger partial charge in [0.2, 0.25) is 5.91 Å². The lowest BCUT2D eigenvalue weighted by Crippen LogP contribution is -2.35. The lowest BCUT2D eigenvalue weighted by Gasteiger charge is -2.28. The summed E-state index contributed by atoms with van der Waals surface area (Å²) < 4.78 is 5.43. The van der Waals surface area contributed by atoms with Crippen molar-refractivity contribution in [2.24, 2.45) is 0 Å². The maximum absolute atomic E-state index is 12.3. The number of piperidine rings is 1. The van der Waals surface area contributed by atoms with Crippen LogP contribution in [0, 0.1) is 0 Å².